The molecule has 1 aliphatic carbocycles. The lowest BCUT2D eigenvalue weighted by Gasteiger charge is -2.33. The lowest BCUT2D eigenvalue weighted by atomic mass is 9.90. The van der Waals surface area contributed by atoms with Crippen LogP contribution in [-0.4, -0.2) is 64.7 Å². The van der Waals surface area contributed by atoms with Crippen molar-refractivity contribution < 1.29 is 44.3 Å². The second-order valence-corrected chi connectivity index (χ2v) is 13.6. The van der Waals surface area contributed by atoms with Gasteiger partial charge in [-0.25, -0.2) is 17.5 Å². The quantitative estimate of drug-likeness (QED) is 0.169. The van der Waals surface area contributed by atoms with Gasteiger partial charge in [-0.15, -0.1) is 11.3 Å². The number of rotatable bonds is 10. The number of nitrogens with one attached hydrogen (secondary N) is 3. The van der Waals surface area contributed by atoms with Crippen LogP contribution in [0.25, 0.3) is 10.1 Å². The van der Waals surface area contributed by atoms with Crippen LogP contribution in [-0.2, 0) is 21.2 Å². The molecule has 1 aliphatic rings. The normalized spacial score (nSPS) is 17.1. The van der Waals surface area contributed by atoms with E-state index in [0.29, 0.717) is 33.9 Å². The molecular weight excluding hydrogens is 658 g/mol. The largest absolute Gasteiger partial charge is 0.433 e. The van der Waals surface area contributed by atoms with Crippen LogP contribution in [0.1, 0.15) is 43.0 Å². The number of fused-ring (bicyclic) bond motifs is 1. The average molecular weight is 691 g/mol. The van der Waals surface area contributed by atoms with Gasteiger partial charge < -0.3 is 20.3 Å². The van der Waals surface area contributed by atoms with Gasteiger partial charge >= 0.3 is 12.8 Å². The number of amides is 1. The molecule has 0 atom stereocenters. The van der Waals surface area contributed by atoms with E-state index in [-0.39, 0.29) is 23.0 Å². The molecule has 3 aromatic rings. The van der Waals surface area contributed by atoms with E-state index in [2.05, 4.69) is 32.1 Å². The molecule has 4 rings (SSSR count). The molecule has 1 aromatic heterocycles. The average Bonchev–Trinajstić information content (AvgIpc) is 3.28. The molecule has 16 heteroatoms. The highest BCUT2D eigenvalue weighted by Gasteiger charge is 2.31. The number of carbonyl (C=O) groups is 1. The minimum absolute atomic E-state index is 0.000244. The Kier molecular flexibility index (Phi) is 11.0. The summed E-state index contributed by atoms with van der Waals surface area (Å²) in [5, 5.41) is 6.46. The van der Waals surface area contributed by atoms with Gasteiger partial charge in [0.25, 0.3) is 10.0 Å². The van der Waals surface area contributed by atoms with Crippen molar-refractivity contribution >= 4 is 48.7 Å². The van der Waals surface area contributed by atoms with Crippen LogP contribution in [0.3, 0.4) is 0 Å². The van der Waals surface area contributed by atoms with Crippen LogP contribution in [0, 0.1) is 17.7 Å². The third-order valence-corrected chi connectivity index (χ3v) is 10.0. The molecule has 1 fully saturated rings. The minimum Gasteiger partial charge on any atom is -0.433 e. The van der Waals surface area contributed by atoms with E-state index in [0.717, 1.165) is 43.9 Å². The standard InChI is InChI=1S/C30H32F6N4O4S2/c1-17(41)39-46(42,43)27-15-25(44-29(32)33)24(14-22(27)31)37-13-5-8-26-21(16-30(34,35)36)20-6-4-7-23(28(20)45-26)38-18-9-11-19(12-10-18)40(2)3/h4,6-7,14-15,18-19,29,37-38H,9-13,16H2,1-3H3,(H,39,41). The number of thiophene rings is 1. The summed E-state index contributed by atoms with van der Waals surface area (Å²) in [6.45, 7) is -2.90. The monoisotopic (exact) mass is 690 g/mol. The Bertz CT molecular complexity index is 1740. The molecule has 3 N–H and O–H groups in total. The number of carbonyl (C=O) groups excluding carboxylic acids is 1. The molecular formula is C30H32F6N4O4S2. The van der Waals surface area contributed by atoms with Crippen LogP contribution < -0.4 is 20.1 Å². The lowest BCUT2D eigenvalue weighted by molar-refractivity contribution is -0.127. The van der Waals surface area contributed by atoms with Crippen molar-refractivity contribution in [2.24, 2.45) is 0 Å². The molecule has 0 bridgehead atoms. The molecule has 0 aliphatic heterocycles. The molecule has 46 heavy (non-hydrogen) atoms. The first-order valence-electron chi connectivity index (χ1n) is 14.1. The fourth-order valence-electron chi connectivity index (χ4n) is 5.30. The first-order chi connectivity index (χ1) is 21.5. The third kappa shape index (κ3) is 8.98. The highest BCUT2D eigenvalue weighted by Crippen LogP contribution is 2.40. The fourth-order valence-corrected chi connectivity index (χ4v) is 7.54. The van der Waals surface area contributed by atoms with E-state index >= 15 is 0 Å². The van der Waals surface area contributed by atoms with Crippen molar-refractivity contribution in [1.29, 1.82) is 0 Å². The summed E-state index contributed by atoms with van der Waals surface area (Å²) in [5.74, 6) is 2.20. The molecule has 1 saturated carbocycles. The maximum absolute atomic E-state index is 14.7. The van der Waals surface area contributed by atoms with Crippen LogP contribution in [0.5, 0.6) is 5.75 Å². The van der Waals surface area contributed by atoms with Gasteiger partial charge in [0.2, 0.25) is 5.91 Å². The van der Waals surface area contributed by atoms with Gasteiger partial charge in [0.05, 0.1) is 33.9 Å². The summed E-state index contributed by atoms with van der Waals surface area (Å²) in [4.78, 5) is 12.4. The van der Waals surface area contributed by atoms with Crippen LogP contribution in [0.4, 0.5) is 37.7 Å². The van der Waals surface area contributed by atoms with E-state index in [1.165, 1.54) is 4.72 Å². The molecule has 1 amide bonds. The zero-order chi connectivity index (χ0) is 33.8. The van der Waals surface area contributed by atoms with Gasteiger partial charge in [-0.1, -0.05) is 24.0 Å². The second kappa shape index (κ2) is 14.4. The number of alkyl halides is 5. The van der Waals surface area contributed by atoms with E-state index < -0.39 is 57.3 Å². The van der Waals surface area contributed by atoms with Crippen LogP contribution >= 0.6 is 11.3 Å². The molecule has 1 heterocycles. The highest BCUT2D eigenvalue weighted by atomic mass is 32.2. The Balaban J connectivity index is 1.61. The first-order valence-corrected chi connectivity index (χ1v) is 16.4. The second-order valence-electron chi connectivity index (χ2n) is 11.0. The van der Waals surface area contributed by atoms with Crippen molar-refractivity contribution in [2.45, 2.75) is 68.8 Å². The smallest absolute Gasteiger partial charge is 0.393 e. The van der Waals surface area contributed by atoms with Gasteiger partial charge in [-0.3, -0.25) is 4.79 Å². The molecule has 0 spiro atoms. The van der Waals surface area contributed by atoms with Gasteiger partial charge in [-0.2, -0.15) is 22.0 Å². The summed E-state index contributed by atoms with van der Waals surface area (Å²) in [6.07, 6.45) is -1.92. The zero-order valence-corrected chi connectivity index (χ0v) is 26.7. The Morgan fingerprint density at radius 1 is 1.13 bits per heavy atom. The van der Waals surface area contributed by atoms with Gasteiger partial charge in [0.15, 0.2) is 5.75 Å². The summed E-state index contributed by atoms with van der Waals surface area (Å²) in [6, 6.07) is 6.83. The number of ether oxygens (including phenoxy) is 1. The predicted molar refractivity (Wildman–Crippen MR) is 164 cm³/mol. The first kappa shape index (κ1) is 35.2. The summed E-state index contributed by atoms with van der Waals surface area (Å²) >= 11 is 1.10. The van der Waals surface area contributed by atoms with Crippen molar-refractivity contribution in [3.05, 3.63) is 46.6 Å². The van der Waals surface area contributed by atoms with E-state index in [1.54, 1.807) is 12.1 Å². The number of hydrogen-bond acceptors (Lipinski definition) is 8. The van der Waals surface area contributed by atoms with Gasteiger partial charge in [-0.05, 0) is 56.8 Å². The molecule has 0 radical (unpaired) electrons. The Labute approximate surface area is 266 Å². The topological polar surface area (TPSA) is 99.8 Å². The van der Waals surface area contributed by atoms with E-state index in [9.17, 15) is 39.6 Å². The molecule has 8 nitrogen and oxygen atoms in total. The molecule has 2 aromatic carbocycles. The Hall–Kier alpha value is -3.68. The third-order valence-electron chi connectivity index (χ3n) is 7.37. The zero-order valence-electron chi connectivity index (χ0n) is 25.0. The number of halogens is 6. The van der Waals surface area contributed by atoms with Crippen LogP contribution in [0.2, 0.25) is 0 Å². The maximum Gasteiger partial charge on any atom is 0.393 e. The van der Waals surface area contributed by atoms with Crippen LogP contribution in [0.15, 0.2) is 35.2 Å². The lowest BCUT2D eigenvalue weighted by Crippen LogP contribution is -2.36. The summed E-state index contributed by atoms with van der Waals surface area (Å²) < 4.78 is 113. The number of nitrogens with zero attached hydrogens (tertiary/aromatic N) is 1. The Morgan fingerprint density at radius 2 is 1.83 bits per heavy atom. The predicted octanol–water partition coefficient (Wildman–Crippen LogP) is 6.32. The van der Waals surface area contributed by atoms with Gasteiger partial charge in [0, 0.05) is 31.1 Å². The number of anilines is 2. The minimum atomic E-state index is -4.73. The van der Waals surface area contributed by atoms with E-state index in [1.807, 2.05) is 20.2 Å². The fraction of sp³-hybridized carbons (Fsp3) is 0.433. The number of benzene rings is 2. The SMILES string of the molecule is CC(=O)NS(=O)(=O)c1cc(OC(F)F)c(NCC#Cc2sc3c(NC4CCC(N(C)C)CC4)cccc3c2CC(F)(F)F)cc1F. The van der Waals surface area contributed by atoms with E-state index in [4.69, 9.17) is 0 Å². The number of hydrogen-bond donors (Lipinski definition) is 3. The number of sulfonamides is 1. The molecule has 0 saturated heterocycles. The summed E-state index contributed by atoms with van der Waals surface area (Å²) in [5.41, 5.74) is 0.320. The molecule has 250 valence electrons. The highest BCUT2D eigenvalue weighted by molar-refractivity contribution is 7.90. The molecule has 0 unspecified atom stereocenters. The van der Waals surface area contributed by atoms with Gasteiger partial charge in [0.1, 0.15) is 10.7 Å². The van der Waals surface area contributed by atoms with Crippen molar-refractivity contribution in [1.82, 2.24) is 9.62 Å². The van der Waals surface area contributed by atoms with Crippen molar-refractivity contribution in [3.8, 4) is 17.6 Å². The summed E-state index contributed by atoms with van der Waals surface area (Å²) in [7, 11) is -0.651. The maximum atomic E-state index is 14.7. The van der Waals surface area contributed by atoms with Crippen molar-refractivity contribution in [2.75, 3.05) is 31.3 Å². The van der Waals surface area contributed by atoms with Crippen molar-refractivity contribution in [3.63, 3.8) is 0 Å². The Morgan fingerprint density at radius 3 is 2.43 bits per heavy atom.